The number of methoxy groups -OCH3 is 2. The molecule has 0 saturated carbocycles. The zero-order chi connectivity index (χ0) is 22.9. The van der Waals surface area contributed by atoms with Crippen LogP contribution in [0.4, 0.5) is 22.7 Å². The summed E-state index contributed by atoms with van der Waals surface area (Å²) in [5.74, 6) is 0. The molecule has 0 radical (unpaired) electrons. The fraction of sp³-hybridized carbons (Fsp3) is 0.500. The zero-order valence-corrected chi connectivity index (χ0v) is 19.0. The molecule has 8 nitrogen and oxygen atoms in total. The SMILES string of the molecule is COCC1CCCN1c1cccc(N)c1.COCC1CCCN1c1cccc([N+](=O)[O-])c1. The van der Waals surface area contributed by atoms with Gasteiger partial charge in [-0.15, -0.1) is 0 Å². The molecule has 2 fully saturated rings. The van der Waals surface area contributed by atoms with Crippen LogP contribution < -0.4 is 15.5 Å². The molecule has 2 unspecified atom stereocenters. The number of nitro benzene ring substituents is 1. The van der Waals surface area contributed by atoms with Gasteiger partial charge in [-0.3, -0.25) is 10.1 Å². The summed E-state index contributed by atoms with van der Waals surface area (Å²) >= 11 is 0. The van der Waals surface area contributed by atoms with Crippen molar-refractivity contribution in [3.63, 3.8) is 0 Å². The van der Waals surface area contributed by atoms with E-state index in [1.807, 2.05) is 24.3 Å². The van der Waals surface area contributed by atoms with Gasteiger partial charge in [-0.25, -0.2) is 0 Å². The predicted molar refractivity (Wildman–Crippen MR) is 128 cm³/mol. The summed E-state index contributed by atoms with van der Waals surface area (Å²) in [4.78, 5) is 15.0. The topological polar surface area (TPSA) is 94.1 Å². The maximum absolute atomic E-state index is 10.7. The molecule has 0 aromatic heterocycles. The van der Waals surface area contributed by atoms with Crippen LogP contribution in [0.25, 0.3) is 0 Å². The van der Waals surface area contributed by atoms with Crippen molar-refractivity contribution in [2.75, 3.05) is 56.1 Å². The highest BCUT2D eigenvalue weighted by Gasteiger charge is 2.26. The average Bonchev–Trinajstić information content (AvgIpc) is 3.44. The molecule has 0 aliphatic carbocycles. The van der Waals surface area contributed by atoms with Gasteiger partial charge < -0.3 is 25.0 Å². The molecule has 2 N–H and O–H groups in total. The number of rotatable bonds is 7. The molecule has 2 aliphatic heterocycles. The molecule has 0 bridgehead atoms. The van der Waals surface area contributed by atoms with E-state index in [9.17, 15) is 10.1 Å². The average molecular weight is 443 g/mol. The summed E-state index contributed by atoms with van der Waals surface area (Å²) < 4.78 is 10.4. The van der Waals surface area contributed by atoms with Crippen LogP contribution in [-0.4, -0.2) is 57.5 Å². The van der Waals surface area contributed by atoms with Crippen LogP contribution in [0.5, 0.6) is 0 Å². The van der Waals surface area contributed by atoms with Gasteiger partial charge in [0, 0.05) is 56.5 Å². The Balaban J connectivity index is 0.000000182. The minimum absolute atomic E-state index is 0.144. The molecule has 2 saturated heterocycles. The first-order valence-electron chi connectivity index (χ1n) is 11.1. The molecule has 0 spiro atoms. The van der Waals surface area contributed by atoms with E-state index in [-0.39, 0.29) is 10.6 Å². The van der Waals surface area contributed by atoms with Crippen LogP contribution in [-0.2, 0) is 9.47 Å². The lowest BCUT2D eigenvalue weighted by Crippen LogP contribution is -2.32. The highest BCUT2D eigenvalue weighted by Crippen LogP contribution is 2.29. The number of non-ortho nitro benzene ring substituents is 1. The van der Waals surface area contributed by atoms with Crippen LogP contribution >= 0.6 is 0 Å². The van der Waals surface area contributed by atoms with Gasteiger partial charge in [0.1, 0.15) is 0 Å². The number of hydrogen-bond donors (Lipinski definition) is 1. The van der Waals surface area contributed by atoms with Gasteiger partial charge in [0.05, 0.1) is 30.2 Å². The van der Waals surface area contributed by atoms with Crippen molar-refractivity contribution in [2.45, 2.75) is 37.8 Å². The first kappa shape index (κ1) is 23.8. The van der Waals surface area contributed by atoms with Gasteiger partial charge in [0.25, 0.3) is 5.69 Å². The molecule has 174 valence electrons. The van der Waals surface area contributed by atoms with Gasteiger partial charge in [-0.1, -0.05) is 12.1 Å². The number of anilines is 3. The lowest BCUT2D eigenvalue weighted by molar-refractivity contribution is -0.384. The summed E-state index contributed by atoms with van der Waals surface area (Å²) in [5, 5.41) is 10.7. The first-order valence-corrected chi connectivity index (χ1v) is 11.1. The Hall–Kier alpha value is -2.84. The maximum atomic E-state index is 10.7. The van der Waals surface area contributed by atoms with Crippen LogP contribution in [0.2, 0.25) is 0 Å². The number of nitrogens with two attached hydrogens (primary N) is 1. The molecule has 8 heteroatoms. The quantitative estimate of drug-likeness (QED) is 0.392. The van der Waals surface area contributed by atoms with Crippen molar-refractivity contribution in [3.8, 4) is 0 Å². The summed E-state index contributed by atoms with van der Waals surface area (Å²) in [6, 6.07) is 15.7. The van der Waals surface area contributed by atoms with Crippen molar-refractivity contribution >= 4 is 22.7 Å². The molecule has 32 heavy (non-hydrogen) atoms. The van der Waals surface area contributed by atoms with Gasteiger partial charge in [-0.05, 0) is 49.9 Å². The van der Waals surface area contributed by atoms with E-state index in [1.165, 1.54) is 24.6 Å². The van der Waals surface area contributed by atoms with Crippen molar-refractivity contribution in [3.05, 3.63) is 58.6 Å². The fourth-order valence-electron chi connectivity index (χ4n) is 4.57. The molecule has 2 heterocycles. The van der Waals surface area contributed by atoms with Crippen molar-refractivity contribution in [1.82, 2.24) is 0 Å². The Bertz CT molecular complexity index is 879. The monoisotopic (exact) mass is 442 g/mol. The van der Waals surface area contributed by atoms with Crippen molar-refractivity contribution < 1.29 is 14.4 Å². The maximum Gasteiger partial charge on any atom is 0.271 e. The zero-order valence-electron chi connectivity index (χ0n) is 19.0. The van der Waals surface area contributed by atoms with Crippen LogP contribution in [0.3, 0.4) is 0 Å². The molecule has 2 aliphatic rings. The van der Waals surface area contributed by atoms with Crippen LogP contribution in [0.15, 0.2) is 48.5 Å². The lowest BCUT2D eigenvalue weighted by Gasteiger charge is -2.26. The van der Waals surface area contributed by atoms with E-state index in [0.717, 1.165) is 43.9 Å². The van der Waals surface area contributed by atoms with Crippen molar-refractivity contribution in [1.29, 1.82) is 0 Å². The highest BCUT2D eigenvalue weighted by atomic mass is 16.6. The number of nitrogens with zero attached hydrogens (tertiary/aromatic N) is 3. The van der Waals surface area contributed by atoms with E-state index < -0.39 is 0 Å². The minimum Gasteiger partial charge on any atom is -0.399 e. The summed E-state index contributed by atoms with van der Waals surface area (Å²) in [5.41, 5.74) is 8.89. The van der Waals surface area contributed by atoms with E-state index in [4.69, 9.17) is 15.2 Å². The summed E-state index contributed by atoms with van der Waals surface area (Å²) in [6.07, 6.45) is 4.64. The van der Waals surface area contributed by atoms with Gasteiger partial charge in [-0.2, -0.15) is 0 Å². The van der Waals surface area contributed by atoms with Crippen molar-refractivity contribution in [2.24, 2.45) is 0 Å². The van der Waals surface area contributed by atoms with Gasteiger partial charge >= 0.3 is 0 Å². The number of ether oxygens (including phenoxy) is 2. The second-order valence-electron chi connectivity index (χ2n) is 8.26. The Morgan fingerprint density at radius 2 is 1.47 bits per heavy atom. The standard InChI is InChI=1S/C12H16N2O3.C12H18N2O/c1-17-9-12-6-3-7-13(12)10-4-2-5-11(8-10)14(15)16;1-15-9-12-6-3-7-14(12)11-5-2-4-10(13)8-11/h2,4-5,8,12H,3,6-7,9H2,1H3;2,4-5,8,12H,3,6-7,9,13H2,1H3. The second kappa shape index (κ2) is 11.7. The molecule has 2 aromatic rings. The smallest absolute Gasteiger partial charge is 0.271 e. The number of nitro groups is 1. The molecule has 2 aromatic carbocycles. The van der Waals surface area contributed by atoms with Crippen LogP contribution in [0.1, 0.15) is 25.7 Å². The molecular weight excluding hydrogens is 408 g/mol. The molecular formula is C24H34N4O4. The fourth-order valence-corrected chi connectivity index (χ4v) is 4.57. The summed E-state index contributed by atoms with van der Waals surface area (Å²) in [7, 11) is 3.44. The predicted octanol–water partition coefficient (Wildman–Crippen LogP) is 4.09. The Kier molecular flexibility index (Phi) is 8.70. The Morgan fingerprint density at radius 1 is 0.938 bits per heavy atom. The number of benzene rings is 2. The third kappa shape index (κ3) is 6.11. The largest absolute Gasteiger partial charge is 0.399 e. The van der Waals surface area contributed by atoms with Gasteiger partial charge in [0.2, 0.25) is 0 Å². The highest BCUT2D eigenvalue weighted by molar-refractivity contribution is 5.57. The Labute approximate surface area is 190 Å². The lowest BCUT2D eigenvalue weighted by atomic mass is 10.2. The van der Waals surface area contributed by atoms with E-state index in [2.05, 4.69) is 15.9 Å². The number of nitrogen functional groups attached to an aromatic ring is 1. The molecule has 0 amide bonds. The molecule has 2 atom stereocenters. The first-order chi connectivity index (χ1) is 15.5. The molecule has 4 rings (SSSR count). The van der Waals surface area contributed by atoms with E-state index in [0.29, 0.717) is 18.7 Å². The number of hydrogen-bond acceptors (Lipinski definition) is 7. The van der Waals surface area contributed by atoms with E-state index >= 15 is 0 Å². The Morgan fingerprint density at radius 3 is 1.97 bits per heavy atom. The van der Waals surface area contributed by atoms with E-state index in [1.54, 1.807) is 26.4 Å². The van der Waals surface area contributed by atoms with Gasteiger partial charge in [0.15, 0.2) is 0 Å². The summed E-state index contributed by atoms with van der Waals surface area (Å²) in [6.45, 7) is 3.52. The minimum atomic E-state index is -0.356. The van der Waals surface area contributed by atoms with Crippen LogP contribution in [0, 0.1) is 10.1 Å². The normalized spacial score (nSPS) is 20.2. The third-order valence-electron chi connectivity index (χ3n) is 6.05. The second-order valence-corrected chi connectivity index (χ2v) is 8.26. The third-order valence-corrected chi connectivity index (χ3v) is 6.05.